The van der Waals surface area contributed by atoms with Gasteiger partial charge in [-0.05, 0) is 50.1 Å². The summed E-state index contributed by atoms with van der Waals surface area (Å²) in [6, 6.07) is 4.83. The fourth-order valence-corrected chi connectivity index (χ4v) is 4.49. The summed E-state index contributed by atoms with van der Waals surface area (Å²) in [7, 11) is 1.51. The number of allylic oxidation sites excluding steroid dienone is 2. The maximum absolute atomic E-state index is 13.6. The zero-order chi connectivity index (χ0) is 27.2. The SMILES string of the molecule is CC1=CNC(CN2c3c(n(C)c(=O)n(CCC4(O)CC4)c3=O)NC2Oc2cccc(OC(F)(F)F)c2)C=C1. The Kier molecular flexibility index (Phi) is 6.41. The Morgan fingerprint density at radius 1 is 1.21 bits per heavy atom. The molecule has 0 saturated heterocycles. The molecule has 13 heteroatoms. The largest absolute Gasteiger partial charge is 0.573 e. The van der Waals surface area contributed by atoms with Gasteiger partial charge in [0, 0.05) is 26.2 Å². The van der Waals surface area contributed by atoms with Crippen LogP contribution in [0.25, 0.3) is 0 Å². The Morgan fingerprint density at radius 2 is 1.95 bits per heavy atom. The summed E-state index contributed by atoms with van der Waals surface area (Å²) in [5, 5.41) is 16.5. The van der Waals surface area contributed by atoms with Gasteiger partial charge in [-0.25, -0.2) is 4.79 Å². The first kappa shape index (κ1) is 25.8. The second-order valence-corrected chi connectivity index (χ2v) is 9.78. The number of aromatic nitrogens is 2. The second kappa shape index (κ2) is 9.46. The van der Waals surface area contributed by atoms with Gasteiger partial charge < -0.3 is 30.1 Å². The van der Waals surface area contributed by atoms with Crippen molar-refractivity contribution in [2.45, 2.75) is 57.1 Å². The predicted molar refractivity (Wildman–Crippen MR) is 133 cm³/mol. The molecule has 38 heavy (non-hydrogen) atoms. The van der Waals surface area contributed by atoms with Crippen LogP contribution < -0.4 is 36.3 Å². The molecule has 1 aromatic carbocycles. The number of benzene rings is 1. The summed E-state index contributed by atoms with van der Waals surface area (Å²) in [5.74, 6) is -0.172. The Bertz CT molecular complexity index is 1410. The third-order valence-electron chi connectivity index (χ3n) is 6.78. The van der Waals surface area contributed by atoms with E-state index in [2.05, 4.69) is 15.4 Å². The number of nitrogens with one attached hydrogen (secondary N) is 2. The van der Waals surface area contributed by atoms with Crippen LogP contribution in [0.1, 0.15) is 26.2 Å². The van der Waals surface area contributed by atoms with Gasteiger partial charge >= 0.3 is 12.1 Å². The van der Waals surface area contributed by atoms with Crippen molar-refractivity contribution in [3.8, 4) is 11.5 Å². The van der Waals surface area contributed by atoms with E-state index in [1.807, 2.05) is 25.3 Å². The van der Waals surface area contributed by atoms with Gasteiger partial charge in [0.15, 0.2) is 0 Å². The molecule has 2 atom stereocenters. The number of hydrogen-bond acceptors (Lipinski definition) is 8. The highest BCUT2D eigenvalue weighted by atomic mass is 19.4. The smallest absolute Gasteiger partial charge is 0.452 e. The van der Waals surface area contributed by atoms with Crippen molar-refractivity contribution >= 4 is 11.5 Å². The van der Waals surface area contributed by atoms with Gasteiger partial charge in [-0.3, -0.25) is 13.9 Å². The molecule has 0 radical (unpaired) electrons. The Labute approximate surface area is 215 Å². The fraction of sp³-hybridized carbons (Fsp3) is 0.440. The predicted octanol–water partition coefficient (Wildman–Crippen LogP) is 2.39. The molecule has 1 fully saturated rings. The minimum Gasteiger partial charge on any atom is -0.452 e. The summed E-state index contributed by atoms with van der Waals surface area (Å²) < 4.78 is 50.6. The summed E-state index contributed by atoms with van der Waals surface area (Å²) in [6.07, 6.45) is 1.32. The van der Waals surface area contributed by atoms with E-state index in [-0.39, 0.29) is 42.8 Å². The van der Waals surface area contributed by atoms with Gasteiger partial charge in [-0.15, -0.1) is 13.2 Å². The topological polar surface area (TPSA) is 110 Å². The molecule has 3 aliphatic rings. The van der Waals surface area contributed by atoms with Crippen molar-refractivity contribution in [2.24, 2.45) is 7.05 Å². The molecular weight excluding hydrogens is 507 g/mol. The number of anilines is 2. The number of ether oxygens (including phenoxy) is 2. The first-order valence-electron chi connectivity index (χ1n) is 12.2. The molecule has 204 valence electrons. The van der Waals surface area contributed by atoms with Crippen molar-refractivity contribution in [2.75, 3.05) is 16.8 Å². The van der Waals surface area contributed by atoms with E-state index in [0.717, 1.165) is 22.3 Å². The third-order valence-corrected chi connectivity index (χ3v) is 6.78. The first-order valence-corrected chi connectivity index (χ1v) is 12.2. The molecule has 2 aromatic rings. The van der Waals surface area contributed by atoms with E-state index < -0.39 is 35.3 Å². The molecule has 1 saturated carbocycles. The summed E-state index contributed by atoms with van der Waals surface area (Å²) in [6.45, 7) is 2.21. The molecule has 3 N–H and O–H groups in total. The molecule has 10 nitrogen and oxygen atoms in total. The van der Waals surface area contributed by atoms with E-state index in [1.165, 1.54) is 23.7 Å². The van der Waals surface area contributed by atoms with Crippen LogP contribution in [-0.4, -0.2) is 45.1 Å². The number of aliphatic hydroxyl groups is 1. The Balaban J connectivity index is 1.49. The molecular formula is C25H28F3N5O5. The van der Waals surface area contributed by atoms with Crippen molar-refractivity contribution in [3.63, 3.8) is 0 Å². The minimum atomic E-state index is -4.87. The Morgan fingerprint density at radius 3 is 2.61 bits per heavy atom. The summed E-state index contributed by atoms with van der Waals surface area (Å²) in [5.41, 5.74) is -0.757. The van der Waals surface area contributed by atoms with Crippen molar-refractivity contribution < 1.29 is 27.8 Å². The minimum absolute atomic E-state index is 0.0506. The number of dihydropyridines is 1. The Hall–Kier alpha value is -3.87. The summed E-state index contributed by atoms with van der Waals surface area (Å²) in [4.78, 5) is 28.3. The molecule has 3 heterocycles. The lowest BCUT2D eigenvalue weighted by Crippen LogP contribution is -2.49. The quantitative estimate of drug-likeness (QED) is 0.473. The number of alkyl halides is 3. The number of halogens is 3. The highest BCUT2D eigenvalue weighted by Crippen LogP contribution is 2.39. The van der Waals surface area contributed by atoms with Crippen LogP contribution in [0.3, 0.4) is 0 Å². The average Bonchev–Trinajstić information content (AvgIpc) is 3.48. The maximum Gasteiger partial charge on any atom is 0.573 e. The van der Waals surface area contributed by atoms with Crippen LogP contribution in [0.4, 0.5) is 24.7 Å². The average molecular weight is 536 g/mol. The third kappa shape index (κ3) is 5.37. The van der Waals surface area contributed by atoms with Crippen molar-refractivity contribution in [1.29, 1.82) is 0 Å². The van der Waals surface area contributed by atoms with E-state index in [0.29, 0.717) is 12.8 Å². The van der Waals surface area contributed by atoms with Crippen LogP contribution in [0.15, 0.2) is 57.8 Å². The molecule has 2 unspecified atom stereocenters. The lowest BCUT2D eigenvalue weighted by Gasteiger charge is -2.30. The van der Waals surface area contributed by atoms with Gasteiger partial charge in [0.2, 0.25) is 0 Å². The lowest BCUT2D eigenvalue weighted by atomic mass is 10.1. The summed E-state index contributed by atoms with van der Waals surface area (Å²) >= 11 is 0. The highest BCUT2D eigenvalue weighted by Gasteiger charge is 2.41. The zero-order valence-corrected chi connectivity index (χ0v) is 20.8. The molecule has 1 aliphatic carbocycles. The maximum atomic E-state index is 13.6. The number of nitrogens with zero attached hydrogens (tertiary/aromatic N) is 3. The molecule has 0 spiro atoms. The molecule has 1 aromatic heterocycles. The normalized spacial score (nSPS) is 21.3. The highest BCUT2D eigenvalue weighted by molar-refractivity contribution is 5.71. The van der Waals surface area contributed by atoms with E-state index in [4.69, 9.17) is 4.74 Å². The first-order chi connectivity index (χ1) is 17.9. The molecule has 0 amide bonds. The van der Waals surface area contributed by atoms with Crippen LogP contribution in [0.5, 0.6) is 11.5 Å². The second-order valence-electron chi connectivity index (χ2n) is 9.78. The van der Waals surface area contributed by atoms with Gasteiger partial charge in [-0.1, -0.05) is 18.2 Å². The van der Waals surface area contributed by atoms with Crippen molar-refractivity contribution in [3.05, 3.63) is 69.0 Å². The van der Waals surface area contributed by atoms with Crippen LogP contribution in [0, 0.1) is 0 Å². The number of fused-ring (bicyclic) bond motifs is 1. The zero-order valence-electron chi connectivity index (χ0n) is 20.8. The molecule has 5 rings (SSSR count). The fourth-order valence-electron chi connectivity index (χ4n) is 4.49. The number of hydrogen-bond donors (Lipinski definition) is 3. The van der Waals surface area contributed by atoms with Crippen molar-refractivity contribution in [1.82, 2.24) is 14.5 Å². The van der Waals surface area contributed by atoms with Gasteiger partial charge in [0.25, 0.3) is 11.9 Å². The van der Waals surface area contributed by atoms with Crippen LogP contribution in [0.2, 0.25) is 0 Å². The van der Waals surface area contributed by atoms with Crippen LogP contribution in [-0.2, 0) is 13.6 Å². The monoisotopic (exact) mass is 535 g/mol. The lowest BCUT2D eigenvalue weighted by molar-refractivity contribution is -0.274. The standard InChI is InChI=1S/C25H28F3N5O5/c1-15-6-7-16(29-13-15)14-33-19-20(31(2)23(35)32(21(19)34)11-10-24(36)8-9-24)30-22(33)37-17-4-3-5-18(12-17)38-25(26,27)28/h3-7,12-13,16,22,29-30,36H,8-11,14H2,1-2H3. The van der Waals surface area contributed by atoms with Crippen LogP contribution >= 0.6 is 0 Å². The molecule has 0 bridgehead atoms. The van der Waals surface area contributed by atoms with Gasteiger partial charge in [-0.2, -0.15) is 0 Å². The van der Waals surface area contributed by atoms with E-state index >= 15 is 0 Å². The van der Waals surface area contributed by atoms with Gasteiger partial charge in [0.1, 0.15) is 23.0 Å². The number of rotatable bonds is 8. The van der Waals surface area contributed by atoms with E-state index in [9.17, 15) is 27.9 Å². The van der Waals surface area contributed by atoms with Gasteiger partial charge in [0.05, 0.1) is 11.6 Å². The molecule has 2 aliphatic heterocycles. The van der Waals surface area contributed by atoms with E-state index in [1.54, 1.807) is 4.90 Å².